The summed E-state index contributed by atoms with van der Waals surface area (Å²) < 4.78 is 0. The summed E-state index contributed by atoms with van der Waals surface area (Å²) in [5, 5.41) is 10.5. The number of aromatic amines is 1. The molecule has 0 saturated heterocycles. The van der Waals surface area contributed by atoms with Crippen molar-refractivity contribution < 1.29 is 4.79 Å². The molecule has 1 saturated carbocycles. The van der Waals surface area contributed by atoms with Gasteiger partial charge >= 0.3 is 0 Å². The number of hydrogen-bond donors (Lipinski definition) is 2. The lowest BCUT2D eigenvalue weighted by Gasteiger charge is -2.22. The Bertz CT molecular complexity index is 654. The maximum atomic E-state index is 12.3. The van der Waals surface area contributed by atoms with Crippen molar-refractivity contribution in [1.29, 1.82) is 0 Å². The van der Waals surface area contributed by atoms with Crippen LogP contribution in [0.2, 0.25) is 0 Å². The van der Waals surface area contributed by atoms with Gasteiger partial charge in [-0.3, -0.25) is 14.9 Å². The fourth-order valence-electron chi connectivity index (χ4n) is 2.93. The molecule has 0 aromatic carbocycles. The van der Waals surface area contributed by atoms with Gasteiger partial charge in [0.2, 0.25) is 11.1 Å². The minimum Gasteiger partial charge on any atom is -0.355 e. The number of amides is 1. The van der Waals surface area contributed by atoms with E-state index in [1.165, 1.54) is 43.9 Å². The van der Waals surface area contributed by atoms with Crippen molar-refractivity contribution in [3.8, 4) is 11.4 Å². The van der Waals surface area contributed by atoms with Crippen molar-refractivity contribution in [2.24, 2.45) is 5.92 Å². The summed E-state index contributed by atoms with van der Waals surface area (Å²) >= 11 is 1.37. The zero-order chi connectivity index (χ0) is 16.8. The first-order valence-electron chi connectivity index (χ1n) is 8.49. The van der Waals surface area contributed by atoms with Crippen LogP contribution in [0.15, 0.2) is 29.7 Å². The van der Waals surface area contributed by atoms with E-state index in [1.807, 2.05) is 19.1 Å². The van der Waals surface area contributed by atoms with Gasteiger partial charge < -0.3 is 5.32 Å². The van der Waals surface area contributed by atoms with Crippen LogP contribution in [0, 0.1) is 5.92 Å². The molecule has 7 heteroatoms. The minimum absolute atomic E-state index is 0.0563. The summed E-state index contributed by atoms with van der Waals surface area (Å²) in [5.74, 6) is 1.39. The van der Waals surface area contributed by atoms with Gasteiger partial charge in [-0.15, -0.1) is 5.10 Å². The molecular weight excluding hydrogens is 322 g/mol. The minimum atomic E-state index is -0.213. The van der Waals surface area contributed by atoms with E-state index in [-0.39, 0.29) is 11.2 Å². The molecule has 1 aliphatic carbocycles. The Morgan fingerprint density at radius 1 is 1.33 bits per heavy atom. The fraction of sp³-hybridized carbons (Fsp3) is 0.529. The maximum absolute atomic E-state index is 12.3. The second-order valence-corrected chi connectivity index (χ2v) is 7.52. The second kappa shape index (κ2) is 8.28. The fourth-order valence-corrected chi connectivity index (χ4v) is 3.68. The Labute approximate surface area is 146 Å². The number of hydrogen-bond acceptors (Lipinski definition) is 5. The van der Waals surface area contributed by atoms with Gasteiger partial charge in [-0.05, 0) is 37.8 Å². The standard InChI is InChI=1S/C17H23N5OS/c1-12(16(23)19-11-13-5-3-2-4-6-13)24-17-20-15(21-22-17)14-7-9-18-10-8-14/h7-10,12-13H,2-6,11H2,1H3,(H,19,23)(H,20,21,22)/t12-/m1/s1. The number of carbonyl (C=O) groups is 1. The number of carbonyl (C=O) groups excluding carboxylic acids is 1. The van der Waals surface area contributed by atoms with Crippen molar-refractivity contribution >= 4 is 17.7 Å². The molecule has 6 nitrogen and oxygen atoms in total. The molecule has 0 unspecified atom stereocenters. The summed E-state index contributed by atoms with van der Waals surface area (Å²) in [5.41, 5.74) is 0.929. The second-order valence-electron chi connectivity index (χ2n) is 6.21. The predicted octanol–water partition coefficient (Wildman–Crippen LogP) is 3.04. The number of thioether (sulfide) groups is 1. The number of H-pyrrole nitrogens is 1. The lowest BCUT2D eigenvalue weighted by molar-refractivity contribution is -0.120. The molecule has 2 aromatic heterocycles. The van der Waals surface area contributed by atoms with E-state index in [4.69, 9.17) is 0 Å². The van der Waals surface area contributed by atoms with Crippen molar-refractivity contribution in [2.45, 2.75) is 49.4 Å². The molecule has 1 fully saturated rings. The highest BCUT2D eigenvalue weighted by molar-refractivity contribution is 8.00. The Hall–Kier alpha value is -1.89. The van der Waals surface area contributed by atoms with Crippen LogP contribution >= 0.6 is 11.8 Å². The molecule has 1 amide bonds. The number of nitrogens with one attached hydrogen (secondary N) is 2. The third-order valence-electron chi connectivity index (χ3n) is 4.36. The number of pyridine rings is 1. The average Bonchev–Trinajstić information content (AvgIpc) is 3.10. The van der Waals surface area contributed by atoms with Gasteiger partial charge in [0.15, 0.2) is 5.82 Å². The van der Waals surface area contributed by atoms with Crippen molar-refractivity contribution in [2.75, 3.05) is 6.54 Å². The quantitative estimate of drug-likeness (QED) is 0.786. The molecule has 0 radical (unpaired) electrons. The van der Waals surface area contributed by atoms with Crippen LogP contribution in [0.3, 0.4) is 0 Å². The molecule has 0 spiro atoms. The summed E-state index contributed by atoms with van der Waals surface area (Å²) in [7, 11) is 0. The summed E-state index contributed by atoms with van der Waals surface area (Å²) in [6.07, 6.45) is 9.81. The molecule has 2 aromatic rings. The van der Waals surface area contributed by atoms with Crippen LogP contribution in [-0.2, 0) is 4.79 Å². The Morgan fingerprint density at radius 3 is 2.83 bits per heavy atom. The third-order valence-corrected chi connectivity index (χ3v) is 5.32. The summed E-state index contributed by atoms with van der Waals surface area (Å²) in [6, 6.07) is 3.74. The third kappa shape index (κ3) is 4.56. The molecule has 0 bridgehead atoms. The van der Waals surface area contributed by atoms with E-state index in [2.05, 4.69) is 25.5 Å². The molecule has 24 heavy (non-hydrogen) atoms. The molecule has 0 aliphatic heterocycles. The largest absolute Gasteiger partial charge is 0.355 e. The smallest absolute Gasteiger partial charge is 0.233 e. The van der Waals surface area contributed by atoms with Crippen LogP contribution in [0.4, 0.5) is 0 Å². The Balaban J connectivity index is 1.50. The van der Waals surface area contributed by atoms with Crippen molar-refractivity contribution in [3.63, 3.8) is 0 Å². The highest BCUT2D eigenvalue weighted by Crippen LogP contribution is 2.24. The van der Waals surface area contributed by atoms with Gasteiger partial charge in [-0.1, -0.05) is 31.0 Å². The van der Waals surface area contributed by atoms with Gasteiger partial charge in [0, 0.05) is 24.5 Å². The van der Waals surface area contributed by atoms with E-state index in [0.29, 0.717) is 16.9 Å². The van der Waals surface area contributed by atoms with E-state index in [0.717, 1.165) is 12.1 Å². The summed E-state index contributed by atoms with van der Waals surface area (Å²) in [6.45, 7) is 2.68. The lowest BCUT2D eigenvalue weighted by atomic mass is 9.89. The Morgan fingerprint density at radius 2 is 2.08 bits per heavy atom. The normalized spacial score (nSPS) is 16.7. The SMILES string of the molecule is C[C@@H](Sc1n[nH]c(-c2ccncc2)n1)C(=O)NCC1CCCCC1. The monoisotopic (exact) mass is 345 g/mol. The van der Waals surface area contributed by atoms with Crippen LogP contribution < -0.4 is 5.32 Å². The molecule has 128 valence electrons. The van der Waals surface area contributed by atoms with E-state index in [1.54, 1.807) is 12.4 Å². The number of nitrogens with zero attached hydrogens (tertiary/aromatic N) is 3. The van der Waals surface area contributed by atoms with Gasteiger partial charge in [0.1, 0.15) is 0 Å². The van der Waals surface area contributed by atoms with Crippen LogP contribution in [0.5, 0.6) is 0 Å². The highest BCUT2D eigenvalue weighted by atomic mass is 32.2. The van der Waals surface area contributed by atoms with Crippen molar-refractivity contribution in [1.82, 2.24) is 25.5 Å². The van der Waals surface area contributed by atoms with Crippen LogP contribution in [0.1, 0.15) is 39.0 Å². The van der Waals surface area contributed by atoms with Crippen LogP contribution in [0.25, 0.3) is 11.4 Å². The summed E-state index contributed by atoms with van der Waals surface area (Å²) in [4.78, 5) is 20.7. The molecule has 2 heterocycles. The molecule has 2 N–H and O–H groups in total. The van der Waals surface area contributed by atoms with Crippen LogP contribution in [-0.4, -0.2) is 37.9 Å². The molecule has 1 atom stereocenters. The molecular formula is C17H23N5OS. The van der Waals surface area contributed by atoms with Gasteiger partial charge in [0.25, 0.3) is 0 Å². The molecule has 1 aliphatic rings. The topological polar surface area (TPSA) is 83.6 Å². The van der Waals surface area contributed by atoms with E-state index in [9.17, 15) is 4.79 Å². The predicted molar refractivity (Wildman–Crippen MR) is 94.5 cm³/mol. The number of aromatic nitrogens is 4. The zero-order valence-corrected chi connectivity index (χ0v) is 14.7. The van der Waals surface area contributed by atoms with Crippen molar-refractivity contribution in [3.05, 3.63) is 24.5 Å². The number of rotatable bonds is 6. The highest BCUT2D eigenvalue weighted by Gasteiger charge is 2.19. The van der Waals surface area contributed by atoms with E-state index < -0.39 is 0 Å². The maximum Gasteiger partial charge on any atom is 0.233 e. The van der Waals surface area contributed by atoms with E-state index >= 15 is 0 Å². The average molecular weight is 345 g/mol. The Kier molecular flexibility index (Phi) is 5.85. The zero-order valence-electron chi connectivity index (χ0n) is 13.9. The first kappa shape index (κ1) is 17.0. The lowest BCUT2D eigenvalue weighted by Crippen LogP contribution is -2.35. The first-order valence-corrected chi connectivity index (χ1v) is 9.37. The van der Waals surface area contributed by atoms with Gasteiger partial charge in [-0.25, -0.2) is 4.98 Å². The first-order chi connectivity index (χ1) is 11.7. The van der Waals surface area contributed by atoms with Gasteiger partial charge in [0.05, 0.1) is 5.25 Å². The van der Waals surface area contributed by atoms with Gasteiger partial charge in [-0.2, -0.15) is 0 Å². The molecule has 3 rings (SSSR count).